The minimum absolute atomic E-state index is 0.0179. The zero-order valence-corrected chi connectivity index (χ0v) is 14.5. The number of nitrogens with zero attached hydrogens (tertiary/aromatic N) is 1. The van der Waals surface area contributed by atoms with E-state index in [0.717, 1.165) is 12.0 Å². The van der Waals surface area contributed by atoms with E-state index in [4.69, 9.17) is 16.2 Å². The van der Waals surface area contributed by atoms with Crippen molar-refractivity contribution in [3.63, 3.8) is 0 Å². The molecule has 1 aliphatic rings. The fraction of sp³-hybridized carbons (Fsp3) is 0.444. The van der Waals surface area contributed by atoms with Crippen LogP contribution < -0.4 is 11.1 Å². The van der Waals surface area contributed by atoms with E-state index >= 15 is 0 Å². The summed E-state index contributed by atoms with van der Waals surface area (Å²) in [6.45, 7) is 1.06. The molecule has 1 fully saturated rings. The molecule has 1 unspecified atom stereocenters. The number of carboxylic acid groups (broad SMARTS) is 1. The summed E-state index contributed by atoms with van der Waals surface area (Å²) >= 11 is 0. The highest BCUT2D eigenvalue weighted by molar-refractivity contribution is 5.95. The zero-order valence-electron chi connectivity index (χ0n) is 14.5. The normalized spacial score (nSPS) is 16.8. The molecule has 5 N–H and O–H groups in total. The Kier molecular flexibility index (Phi) is 6.71. The van der Waals surface area contributed by atoms with Crippen molar-refractivity contribution in [3.05, 3.63) is 35.4 Å². The summed E-state index contributed by atoms with van der Waals surface area (Å²) in [5, 5.41) is 18.6. The summed E-state index contributed by atoms with van der Waals surface area (Å²) in [5.41, 5.74) is 6.85. The maximum Gasteiger partial charge on any atom is 0.305 e. The average Bonchev–Trinajstić information content (AvgIpc) is 2.62. The molecule has 1 aliphatic heterocycles. The van der Waals surface area contributed by atoms with E-state index in [2.05, 4.69) is 5.32 Å². The Bertz CT molecular complexity index is 687. The van der Waals surface area contributed by atoms with Gasteiger partial charge >= 0.3 is 5.97 Å². The Balaban J connectivity index is 1.87. The number of amidine groups is 1. The van der Waals surface area contributed by atoms with Crippen LogP contribution in [0.1, 0.15) is 30.4 Å². The molecule has 0 aromatic heterocycles. The van der Waals surface area contributed by atoms with Gasteiger partial charge in [-0.05, 0) is 18.4 Å². The molecule has 0 saturated carbocycles. The Morgan fingerprint density at radius 2 is 1.96 bits per heavy atom. The third-order valence-corrected chi connectivity index (χ3v) is 4.40. The number of benzene rings is 1. The van der Waals surface area contributed by atoms with Crippen molar-refractivity contribution >= 4 is 23.6 Å². The molecule has 1 saturated heterocycles. The quantitative estimate of drug-likeness (QED) is 0.411. The number of amides is 2. The van der Waals surface area contributed by atoms with E-state index in [1.165, 1.54) is 0 Å². The van der Waals surface area contributed by atoms with E-state index in [9.17, 15) is 14.4 Å². The maximum atomic E-state index is 12.5. The lowest BCUT2D eigenvalue weighted by Crippen LogP contribution is -2.46. The van der Waals surface area contributed by atoms with E-state index in [1.54, 1.807) is 29.2 Å². The Morgan fingerprint density at radius 3 is 2.58 bits per heavy atom. The molecule has 0 aliphatic carbocycles. The number of hydrogen-bond donors (Lipinski definition) is 4. The van der Waals surface area contributed by atoms with E-state index < -0.39 is 5.97 Å². The van der Waals surface area contributed by atoms with E-state index in [1.807, 2.05) is 0 Å². The highest BCUT2D eigenvalue weighted by Crippen LogP contribution is 2.18. The predicted octanol–water partition coefficient (Wildman–Crippen LogP) is 0.343. The van der Waals surface area contributed by atoms with Gasteiger partial charge in [-0.1, -0.05) is 24.3 Å². The van der Waals surface area contributed by atoms with Gasteiger partial charge in [-0.3, -0.25) is 19.8 Å². The predicted molar refractivity (Wildman–Crippen MR) is 95.7 cm³/mol. The first kappa shape index (κ1) is 19.4. The van der Waals surface area contributed by atoms with Crippen LogP contribution in [0.3, 0.4) is 0 Å². The van der Waals surface area contributed by atoms with Gasteiger partial charge in [0.05, 0.1) is 18.8 Å². The smallest absolute Gasteiger partial charge is 0.305 e. The minimum Gasteiger partial charge on any atom is -0.481 e. The molecular formula is C18H24N4O4. The van der Waals surface area contributed by atoms with Gasteiger partial charge in [0.25, 0.3) is 0 Å². The maximum absolute atomic E-state index is 12.5. The van der Waals surface area contributed by atoms with Crippen molar-refractivity contribution in [3.8, 4) is 0 Å². The van der Waals surface area contributed by atoms with Crippen LogP contribution in [0.4, 0.5) is 0 Å². The number of rotatable bonds is 7. The number of piperidine rings is 1. The van der Waals surface area contributed by atoms with Crippen LogP contribution in [0.5, 0.6) is 0 Å². The summed E-state index contributed by atoms with van der Waals surface area (Å²) in [4.78, 5) is 36.8. The van der Waals surface area contributed by atoms with Crippen LogP contribution in [-0.4, -0.2) is 53.3 Å². The van der Waals surface area contributed by atoms with E-state index in [-0.39, 0.29) is 43.0 Å². The first-order valence-electron chi connectivity index (χ1n) is 8.57. The number of carboxylic acids is 1. The number of nitrogens with two attached hydrogens (primary N) is 1. The topological polar surface area (TPSA) is 137 Å². The van der Waals surface area contributed by atoms with Crippen LogP contribution in [0, 0.1) is 11.3 Å². The van der Waals surface area contributed by atoms with Crippen molar-refractivity contribution in [1.82, 2.24) is 10.2 Å². The van der Waals surface area contributed by atoms with Crippen LogP contribution in [0.25, 0.3) is 0 Å². The molecule has 8 nitrogen and oxygen atoms in total. The lowest BCUT2D eigenvalue weighted by Gasteiger charge is -2.32. The molecule has 140 valence electrons. The molecule has 1 atom stereocenters. The summed E-state index contributed by atoms with van der Waals surface area (Å²) in [6.07, 6.45) is 1.55. The molecule has 2 rings (SSSR count). The average molecular weight is 360 g/mol. The lowest BCUT2D eigenvalue weighted by molar-refractivity contribution is -0.137. The van der Waals surface area contributed by atoms with Crippen molar-refractivity contribution in [1.29, 1.82) is 5.41 Å². The van der Waals surface area contributed by atoms with Crippen LogP contribution >= 0.6 is 0 Å². The van der Waals surface area contributed by atoms with Crippen molar-refractivity contribution in [2.24, 2.45) is 11.7 Å². The zero-order chi connectivity index (χ0) is 19.1. The van der Waals surface area contributed by atoms with Gasteiger partial charge in [0.2, 0.25) is 11.8 Å². The number of carbonyl (C=O) groups is 3. The molecule has 0 radical (unpaired) electrons. The van der Waals surface area contributed by atoms with Gasteiger partial charge in [0, 0.05) is 25.2 Å². The summed E-state index contributed by atoms with van der Waals surface area (Å²) in [7, 11) is 0. The lowest BCUT2D eigenvalue weighted by atomic mass is 9.96. The molecule has 0 bridgehead atoms. The van der Waals surface area contributed by atoms with Gasteiger partial charge in [-0.15, -0.1) is 0 Å². The second kappa shape index (κ2) is 8.98. The summed E-state index contributed by atoms with van der Waals surface area (Å²) in [5.74, 6) is -1.53. The first-order valence-corrected chi connectivity index (χ1v) is 8.57. The monoisotopic (exact) mass is 360 g/mol. The fourth-order valence-electron chi connectivity index (χ4n) is 2.94. The van der Waals surface area contributed by atoms with Gasteiger partial charge in [-0.2, -0.15) is 0 Å². The second-order valence-electron chi connectivity index (χ2n) is 6.40. The second-order valence-corrected chi connectivity index (χ2v) is 6.40. The molecule has 1 aromatic carbocycles. The molecule has 26 heavy (non-hydrogen) atoms. The molecule has 8 heteroatoms. The number of likely N-dealkylation sites (tertiary alicyclic amines) is 1. The molecular weight excluding hydrogens is 336 g/mol. The third kappa shape index (κ3) is 5.58. The Labute approximate surface area is 151 Å². The Hall–Kier alpha value is -2.90. The highest BCUT2D eigenvalue weighted by Gasteiger charge is 2.28. The Morgan fingerprint density at radius 1 is 1.27 bits per heavy atom. The molecule has 1 heterocycles. The number of nitrogen functional groups attached to an aromatic ring is 1. The fourth-order valence-corrected chi connectivity index (χ4v) is 2.94. The van der Waals surface area contributed by atoms with Gasteiger partial charge in [-0.25, -0.2) is 0 Å². The first-order chi connectivity index (χ1) is 12.4. The van der Waals surface area contributed by atoms with Crippen LogP contribution in [0.15, 0.2) is 24.3 Å². The standard InChI is InChI=1S/C18H24N4O4/c19-17(20)13-5-3-12(4-6-13)10-15(23)22-9-1-2-14(11-22)18(26)21-8-7-16(24)25/h3-6,14H,1-2,7-11H2,(H3,19,20)(H,21,26)(H,24,25). The van der Waals surface area contributed by atoms with Gasteiger partial charge in [0.1, 0.15) is 5.84 Å². The SMILES string of the molecule is N=C(N)c1ccc(CC(=O)N2CCCC(C(=O)NCCC(=O)O)C2)cc1. The highest BCUT2D eigenvalue weighted by atomic mass is 16.4. The third-order valence-electron chi connectivity index (χ3n) is 4.40. The van der Waals surface area contributed by atoms with Crippen LogP contribution in [-0.2, 0) is 20.8 Å². The van der Waals surface area contributed by atoms with Gasteiger partial charge in [0.15, 0.2) is 0 Å². The molecule has 1 aromatic rings. The van der Waals surface area contributed by atoms with E-state index in [0.29, 0.717) is 25.1 Å². The number of aliphatic carboxylic acids is 1. The number of carbonyl (C=O) groups excluding carboxylic acids is 2. The van der Waals surface area contributed by atoms with Crippen LogP contribution in [0.2, 0.25) is 0 Å². The number of hydrogen-bond acceptors (Lipinski definition) is 4. The summed E-state index contributed by atoms with van der Waals surface area (Å²) < 4.78 is 0. The summed E-state index contributed by atoms with van der Waals surface area (Å²) in [6, 6.07) is 6.96. The number of nitrogens with one attached hydrogen (secondary N) is 2. The van der Waals surface area contributed by atoms with Gasteiger partial charge < -0.3 is 21.1 Å². The largest absolute Gasteiger partial charge is 0.481 e. The minimum atomic E-state index is -0.957. The van der Waals surface area contributed by atoms with Crippen molar-refractivity contribution < 1.29 is 19.5 Å². The molecule has 0 spiro atoms. The van der Waals surface area contributed by atoms with Crippen molar-refractivity contribution in [2.45, 2.75) is 25.7 Å². The molecule has 2 amide bonds. The van der Waals surface area contributed by atoms with Crippen molar-refractivity contribution in [2.75, 3.05) is 19.6 Å².